The predicted octanol–water partition coefficient (Wildman–Crippen LogP) is 2.59. The van der Waals surface area contributed by atoms with Gasteiger partial charge in [-0.05, 0) is 37.1 Å². The van der Waals surface area contributed by atoms with E-state index in [2.05, 4.69) is 5.32 Å². The van der Waals surface area contributed by atoms with Crippen molar-refractivity contribution < 1.29 is 19.1 Å². The molecule has 2 aromatic rings. The first-order valence-electron chi connectivity index (χ1n) is 8.10. The number of rotatable bonds is 3. The van der Waals surface area contributed by atoms with Crippen LogP contribution in [0, 0.1) is 12.7 Å². The number of amides is 2. The quantitative estimate of drug-likeness (QED) is 0.901. The summed E-state index contributed by atoms with van der Waals surface area (Å²) >= 11 is 0. The Morgan fingerprint density at radius 1 is 1.16 bits per heavy atom. The number of nitrogens with one attached hydrogen (secondary N) is 1. The molecule has 1 heterocycles. The monoisotopic (exact) mass is 342 g/mol. The number of carbonyl (C=O) groups is 2. The molecule has 1 aliphatic heterocycles. The number of halogens is 1. The van der Waals surface area contributed by atoms with Crippen molar-refractivity contribution in [2.45, 2.75) is 19.4 Å². The molecule has 0 aliphatic carbocycles. The Balaban J connectivity index is 1.90. The molecule has 5 nitrogen and oxygen atoms in total. The van der Waals surface area contributed by atoms with Crippen LogP contribution < -0.4 is 5.32 Å². The topological polar surface area (TPSA) is 69.6 Å². The van der Waals surface area contributed by atoms with E-state index < -0.39 is 17.8 Å². The Hall–Kier alpha value is -2.73. The molecule has 1 aliphatic rings. The van der Waals surface area contributed by atoms with Crippen molar-refractivity contribution in [2.24, 2.45) is 0 Å². The van der Waals surface area contributed by atoms with Gasteiger partial charge >= 0.3 is 0 Å². The summed E-state index contributed by atoms with van der Waals surface area (Å²) in [5.41, 5.74) is 1.32. The van der Waals surface area contributed by atoms with E-state index >= 15 is 0 Å². The van der Waals surface area contributed by atoms with Gasteiger partial charge in [-0.25, -0.2) is 4.39 Å². The van der Waals surface area contributed by atoms with Gasteiger partial charge in [0.25, 0.3) is 11.8 Å². The fourth-order valence-electron chi connectivity index (χ4n) is 2.93. The molecule has 1 saturated heterocycles. The number of benzene rings is 2. The van der Waals surface area contributed by atoms with Crippen LogP contribution in [0.5, 0.6) is 0 Å². The van der Waals surface area contributed by atoms with Gasteiger partial charge in [-0.3, -0.25) is 9.59 Å². The average Bonchev–Trinajstić information content (AvgIpc) is 3.03. The summed E-state index contributed by atoms with van der Waals surface area (Å²) in [5, 5.41) is 12.3. The van der Waals surface area contributed by atoms with Gasteiger partial charge in [0.2, 0.25) is 0 Å². The minimum absolute atomic E-state index is 0.0826. The van der Waals surface area contributed by atoms with E-state index in [0.717, 1.165) is 0 Å². The van der Waals surface area contributed by atoms with E-state index in [1.165, 1.54) is 18.2 Å². The minimum Gasteiger partial charge on any atom is -0.391 e. The maximum absolute atomic E-state index is 13.8. The van der Waals surface area contributed by atoms with Crippen molar-refractivity contribution in [3.8, 4) is 0 Å². The molecule has 3 rings (SSSR count). The summed E-state index contributed by atoms with van der Waals surface area (Å²) in [6, 6.07) is 10.8. The van der Waals surface area contributed by atoms with Crippen LogP contribution in [-0.2, 0) is 0 Å². The van der Waals surface area contributed by atoms with Gasteiger partial charge in [-0.15, -0.1) is 0 Å². The largest absolute Gasteiger partial charge is 0.391 e. The van der Waals surface area contributed by atoms with Crippen LogP contribution in [0.15, 0.2) is 42.5 Å². The molecule has 0 radical (unpaired) electrons. The SMILES string of the molecule is Cc1cccc(C(=O)N2CC[C@@H](O)C2)c1NC(=O)c1ccccc1F. The molecule has 0 spiro atoms. The summed E-state index contributed by atoms with van der Waals surface area (Å²) in [7, 11) is 0. The van der Waals surface area contributed by atoms with E-state index in [9.17, 15) is 19.1 Å². The van der Waals surface area contributed by atoms with Crippen LogP contribution in [-0.4, -0.2) is 41.0 Å². The maximum Gasteiger partial charge on any atom is 0.258 e. The Morgan fingerprint density at radius 3 is 2.56 bits per heavy atom. The maximum atomic E-state index is 13.8. The lowest BCUT2D eigenvalue weighted by molar-refractivity contribution is 0.0766. The van der Waals surface area contributed by atoms with E-state index in [4.69, 9.17) is 0 Å². The fourth-order valence-corrected chi connectivity index (χ4v) is 2.93. The molecule has 2 aromatic carbocycles. The number of carbonyl (C=O) groups excluding carboxylic acids is 2. The van der Waals surface area contributed by atoms with E-state index in [0.29, 0.717) is 29.8 Å². The first kappa shape index (κ1) is 17.1. The molecule has 1 atom stereocenters. The molecule has 0 bridgehead atoms. The van der Waals surface area contributed by atoms with Gasteiger partial charge in [0.15, 0.2) is 0 Å². The van der Waals surface area contributed by atoms with Crippen LogP contribution in [0.2, 0.25) is 0 Å². The standard InChI is InChI=1S/C19H19FN2O3/c1-12-5-4-7-15(19(25)22-10-9-13(23)11-22)17(12)21-18(24)14-6-2-3-8-16(14)20/h2-8,13,23H,9-11H2,1H3,(H,21,24)/t13-/m1/s1. The number of hydrogen-bond donors (Lipinski definition) is 2. The third-order valence-electron chi connectivity index (χ3n) is 4.31. The lowest BCUT2D eigenvalue weighted by Crippen LogP contribution is -2.30. The molecule has 25 heavy (non-hydrogen) atoms. The van der Waals surface area contributed by atoms with Gasteiger partial charge < -0.3 is 15.3 Å². The predicted molar refractivity (Wildman–Crippen MR) is 92.1 cm³/mol. The summed E-state index contributed by atoms with van der Waals surface area (Å²) in [5.74, 6) is -1.49. The van der Waals surface area contributed by atoms with E-state index in [-0.39, 0.29) is 18.0 Å². The highest BCUT2D eigenvalue weighted by Crippen LogP contribution is 2.25. The van der Waals surface area contributed by atoms with Crippen LogP contribution in [0.25, 0.3) is 0 Å². The second-order valence-electron chi connectivity index (χ2n) is 6.13. The molecule has 0 saturated carbocycles. The van der Waals surface area contributed by atoms with Crippen LogP contribution in [0.4, 0.5) is 10.1 Å². The van der Waals surface area contributed by atoms with Crippen molar-refractivity contribution >= 4 is 17.5 Å². The zero-order chi connectivity index (χ0) is 18.0. The lowest BCUT2D eigenvalue weighted by atomic mass is 10.1. The molecule has 0 unspecified atom stereocenters. The van der Waals surface area contributed by atoms with Crippen LogP contribution >= 0.6 is 0 Å². The van der Waals surface area contributed by atoms with Gasteiger partial charge in [-0.1, -0.05) is 24.3 Å². The zero-order valence-corrected chi connectivity index (χ0v) is 13.8. The molecular formula is C19H19FN2O3. The first-order chi connectivity index (χ1) is 12.0. The molecule has 2 N–H and O–H groups in total. The van der Waals surface area contributed by atoms with E-state index in [1.54, 1.807) is 36.1 Å². The number of β-amino-alcohol motifs (C(OH)–C–C–N with tert-alkyl or cyclic N) is 1. The molecular weight excluding hydrogens is 323 g/mol. The Bertz CT molecular complexity index is 822. The van der Waals surface area contributed by atoms with Crippen molar-refractivity contribution in [1.29, 1.82) is 0 Å². The van der Waals surface area contributed by atoms with Crippen molar-refractivity contribution in [2.75, 3.05) is 18.4 Å². The normalized spacial score (nSPS) is 16.8. The summed E-state index contributed by atoms with van der Waals surface area (Å²) in [4.78, 5) is 26.7. The van der Waals surface area contributed by atoms with Crippen LogP contribution in [0.1, 0.15) is 32.7 Å². The average molecular weight is 342 g/mol. The number of aliphatic hydroxyl groups excluding tert-OH is 1. The third-order valence-corrected chi connectivity index (χ3v) is 4.31. The highest BCUT2D eigenvalue weighted by atomic mass is 19.1. The summed E-state index contributed by atoms with van der Waals surface area (Å²) in [6.45, 7) is 2.51. The zero-order valence-electron chi connectivity index (χ0n) is 13.8. The van der Waals surface area contributed by atoms with Gasteiger partial charge in [0.1, 0.15) is 5.82 Å². The highest BCUT2D eigenvalue weighted by Gasteiger charge is 2.27. The van der Waals surface area contributed by atoms with E-state index in [1.807, 2.05) is 0 Å². The second kappa shape index (κ2) is 7.03. The van der Waals surface area contributed by atoms with Gasteiger partial charge in [-0.2, -0.15) is 0 Å². The second-order valence-corrected chi connectivity index (χ2v) is 6.13. The number of aliphatic hydroxyl groups is 1. The molecule has 6 heteroatoms. The lowest BCUT2D eigenvalue weighted by Gasteiger charge is -2.19. The fraction of sp³-hybridized carbons (Fsp3) is 0.263. The van der Waals surface area contributed by atoms with Crippen LogP contribution in [0.3, 0.4) is 0 Å². The van der Waals surface area contributed by atoms with Gasteiger partial charge in [0.05, 0.1) is 22.9 Å². The Kier molecular flexibility index (Phi) is 4.81. The third kappa shape index (κ3) is 3.53. The summed E-state index contributed by atoms with van der Waals surface area (Å²) < 4.78 is 13.8. The highest BCUT2D eigenvalue weighted by molar-refractivity contribution is 6.09. The Morgan fingerprint density at radius 2 is 1.88 bits per heavy atom. The minimum atomic E-state index is -0.621. The summed E-state index contributed by atoms with van der Waals surface area (Å²) in [6.07, 6.45) is 0.0132. The Labute approximate surface area is 145 Å². The number of hydrogen-bond acceptors (Lipinski definition) is 3. The molecule has 1 fully saturated rings. The molecule has 130 valence electrons. The molecule has 2 amide bonds. The number of nitrogens with zero attached hydrogens (tertiary/aromatic N) is 1. The number of para-hydroxylation sites is 1. The van der Waals surface area contributed by atoms with Crippen molar-refractivity contribution in [3.05, 3.63) is 65.0 Å². The number of aryl methyl sites for hydroxylation is 1. The van der Waals surface area contributed by atoms with Crippen molar-refractivity contribution in [1.82, 2.24) is 4.90 Å². The van der Waals surface area contributed by atoms with Crippen molar-refractivity contribution in [3.63, 3.8) is 0 Å². The molecule has 0 aromatic heterocycles. The number of anilines is 1. The van der Waals surface area contributed by atoms with Gasteiger partial charge in [0, 0.05) is 13.1 Å². The number of likely N-dealkylation sites (tertiary alicyclic amines) is 1. The first-order valence-corrected chi connectivity index (χ1v) is 8.10. The smallest absolute Gasteiger partial charge is 0.258 e.